The number of aromatic nitrogens is 2. The van der Waals surface area contributed by atoms with Crippen LogP contribution in [0.3, 0.4) is 0 Å². The number of anilines is 1. The molecule has 0 radical (unpaired) electrons. The second-order valence-corrected chi connectivity index (χ2v) is 7.38. The molecule has 0 atom stereocenters. The number of benzene rings is 1. The van der Waals surface area contributed by atoms with Gasteiger partial charge in [0.15, 0.2) is 5.13 Å². The van der Waals surface area contributed by atoms with Gasteiger partial charge in [-0.3, -0.25) is 14.7 Å². The lowest BCUT2D eigenvalue weighted by Crippen LogP contribution is -2.34. The van der Waals surface area contributed by atoms with E-state index in [1.807, 2.05) is 12.1 Å². The van der Waals surface area contributed by atoms with Gasteiger partial charge < -0.3 is 0 Å². The summed E-state index contributed by atoms with van der Waals surface area (Å²) in [6, 6.07) is 8.35. The zero-order chi connectivity index (χ0) is 17.2. The van der Waals surface area contributed by atoms with Crippen LogP contribution in [0.2, 0.25) is 0 Å². The summed E-state index contributed by atoms with van der Waals surface area (Å²) >= 11 is 1.36. The van der Waals surface area contributed by atoms with Crippen molar-refractivity contribution in [2.24, 2.45) is 5.92 Å². The molecule has 1 amide bonds. The Morgan fingerprint density at radius 3 is 2.88 bits per heavy atom. The molecule has 2 aromatic heterocycles. The SMILES string of the molecule is O=C(C1CCCC1)N(Cc1cccnc1)c1nc2ccc(F)cc2s1. The first kappa shape index (κ1) is 16.1. The number of nitrogens with zero attached hydrogens (tertiary/aromatic N) is 3. The van der Waals surface area contributed by atoms with E-state index in [1.54, 1.807) is 23.4 Å². The molecule has 2 heterocycles. The molecule has 4 nitrogen and oxygen atoms in total. The van der Waals surface area contributed by atoms with Crippen molar-refractivity contribution in [3.05, 3.63) is 54.1 Å². The second-order valence-electron chi connectivity index (χ2n) is 6.38. The number of amides is 1. The molecule has 6 heteroatoms. The van der Waals surface area contributed by atoms with E-state index < -0.39 is 0 Å². The fourth-order valence-corrected chi connectivity index (χ4v) is 4.30. The standard InChI is InChI=1S/C19H18FN3OS/c20-15-7-8-16-17(10-15)25-19(22-16)23(12-13-4-3-9-21-11-13)18(24)14-5-1-2-6-14/h3-4,7-11,14H,1-2,5-6,12H2. The Bertz CT molecular complexity index is 890. The molecule has 0 aliphatic heterocycles. The van der Waals surface area contributed by atoms with Gasteiger partial charge in [-0.05, 0) is 42.7 Å². The van der Waals surface area contributed by atoms with E-state index in [1.165, 1.54) is 23.5 Å². The van der Waals surface area contributed by atoms with Crippen LogP contribution in [-0.4, -0.2) is 15.9 Å². The summed E-state index contributed by atoms with van der Waals surface area (Å²) in [5.74, 6) is -0.120. The Balaban J connectivity index is 1.71. The number of halogens is 1. The molecule has 0 spiro atoms. The van der Waals surface area contributed by atoms with Crippen molar-refractivity contribution in [3.8, 4) is 0 Å². The summed E-state index contributed by atoms with van der Waals surface area (Å²) in [5, 5.41) is 0.626. The van der Waals surface area contributed by atoms with Crippen LogP contribution in [0.4, 0.5) is 9.52 Å². The number of fused-ring (bicyclic) bond motifs is 1. The summed E-state index contributed by atoms with van der Waals surface area (Å²) in [7, 11) is 0. The van der Waals surface area contributed by atoms with Gasteiger partial charge in [0.05, 0.1) is 16.8 Å². The van der Waals surface area contributed by atoms with E-state index in [2.05, 4.69) is 9.97 Å². The molecule has 1 fully saturated rings. The van der Waals surface area contributed by atoms with E-state index in [0.29, 0.717) is 11.7 Å². The normalized spacial score (nSPS) is 14.9. The summed E-state index contributed by atoms with van der Waals surface area (Å²) in [4.78, 5) is 23.6. The molecule has 1 aliphatic rings. The monoisotopic (exact) mass is 355 g/mol. The predicted molar refractivity (Wildman–Crippen MR) is 97.0 cm³/mol. The number of pyridine rings is 1. The van der Waals surface area contributed by atoms with Crippen molar-refractivity contribution in [3.63, 3.8) is 0 Å². The number of carbonyl (C=O) groups is 1. The molecule has 0 unspecified atom stereocenters. The minimum atomic E-state index is -0.288. The maximum atomic E-state index is 13.5. The lowest BCUT2D eigenvalue weighted by molar-refractivity contribution is -0.122. The lowest BCUT2D eigenvalue weighted by Gasteiger charge is -2.23. The Labute approximate surface area is 149 Å². The summed E-state index contributed by atoms with van der Waals surface area (Å²) in [6.07, 6.45) is 7.54. The molecule has 25 heavy (non-hydrogen) atoms. The molecular formula is C19H18FN3OS. The molecule has 0 N–H and O–H groups in total. The van der Waals surface area contributed by atoms with E-state index in [4.69, 9.17) is 0 Å². The minimum absolute atomic E-state index is 0.0559. The molecule has 1 aliphatic carbocycles. The fraction of sp³-hybridized carbons (Fsp3) is 0.316. The predicted octanol–water partition coefficient (Wildman–Crippen LogP) is 4.55. The first-order chi connectivity index (χ1) is 12.2. The second kappa shape index (κ2) is 6.88. The van der Waals surface area contributed by atoms with E-state index in [-0.39, 0.29) is 17.6 Å². The smallest absolute Gasteiger partial charge is 0.232 e. The minimum Gasteiger partial charge on any atom is -0.283 e. The first-order valence-corrected chi connectivity index (χ1v) is 9.29. The number of rotatable bonds is 4. The molecule has 3 aromatic rings. The first-order valence-electron chi connectivity index (χ1n) is 8.47. The maximum Gasteiger partial charge on any atom is 0.232 e. The van der Waals surface area contributed by atoms with Gasteiger partial charge in [-0.15, -0.1) is 0 Å². The van der Waals surface area contributed by atoms with E-state index in [9.17, 15) is 9.18 Å². The van der Waals surface area contributed by atoms with Crippen molar-refractivity contribution in [1.82, 2.24) is 9.97 Å². The van der Waals surface area contributed by atoms with Crippen LogP contribution in [-0.2, 0) is 11.3 Å². The van der Waals surface area contributed by atoms with Crippen LogP contribution >= 0.6 is 11.3 Å². The third-order valence-electron chi connectivity index (χ3n) is 4.60. The molecule has 0 bridgehead atoms. The van der Waals surface area contributed by atoms with Crippen LogP contribution in [0, 0.1) is 11.7 Å². The highest BCUT2D eigenvalue weighted by atomic mass is 32.1. The van der Waals surface area contributed by atoms with Gasteiger partial charge in [0.1, 0.15) is 5.82 Å². The third-order valence-corrected chi connectivity index (χ3v) is 5.65. The van der Waals surface area contributed by atoms with E-state index in [0.717, 1.165) is 41.5 Å². The van der Waals surface area contributed by atoms with Crippen molar-refractivity contribution < 1.29 is 9.18 Å². The van der Waals surface area contributed by atoms with Gasteiger partial charge in [-0.25, -0.2) is 9.37 Å². The highest BCUT2D eigenvalue weighted by Crippen LogP contribution is 2.34. The van der Waals surface area contributed by atoms with Gasteiger partial charge in [0.2, 0.25) is 5.91 Å². The van der Waals surface area contributed by atoms with Crippen LogP contribution in [0.1, 0.15) is 31.2 Å². The fourth-order valence-electron chi connectivity index (χ4n) is 3.31. The third kappa shape index (κ3) is 3.39. The maximum absolute atomic E-state index is 13.5. The van der Waals surface area contributed by atoms with Crippen molar-refractivity contribution in [2.45, 2.75) is 32.2 Å². The van der Waals surface area contributed by atoms with Crippen LogP contribution in [0.25, 0.3) is 10.2 Å². The van der Waals surface area contributed by atoms with Crippen molar-refractivity contribution in [2.75, 3.05) is 4.90 Å². The highest BCUT2D eigenvalue weighted by Gasteiger charge is 2.30. The largest absolute Gasteiger partial charge is 0.283 e. The molecule has 1 aromatic carbocycles. The Morgan fingerprint density at radius 1 is 1.28 bits per heavy atom. The van der Waals surface area contributed by atoms with Crippen LogP contribution in [0.5, 0.6) is 0 Å². The number of thiazole rings is 1. The topological polar surface area (TPSA) is 46.1 Å². The van der Waals surface area contributed by atoms with Crippen molar-refractivity contribution >= 4 is 32.6 Å². The zero-order valence-electron chi connectivity index (χ0n) is 13.7. The van der Waals surface area contributed by atoms with E-state index >= 15 is 0 Å². The van der Waals surface area contributed by atoms with Crippen LogP contribution < -0.4 is 4.90 Å². The average molecular weight is 355 g/mol. The lowest BCUT2D eigenvalue weighted by atomic mass is 10.1. The van der Waals surface area contributed by atoms with Gasteiger partial charge in [-0.2, -0.15) is 0 Å². The highest BCUT2D eigenvalue weighted by molar-refractivity contribution is 7.22. The average Bonchev–Trinajstić information content (AvgIpc) is 3.29. The zero-order valence-corrected chi connectivity index (χ0v) is 14.5. The van der Waals surface area contributed by atoms with Gasteiger partial charge >= 0.3 is 0 Å². The molecule has 128 valence electrons. The molecule has 1 saturated carbocycles. The Hall–Kier alpha value is -2.34. The van der Waals surface area contributed by atoms with Crippen molar-refractivity contribution in [1.29, 1.82) is 0 Å². The molecule has 0 saturated heterocycles. The molecular weight excluding hydrogens is 337 g/mol. The quantitative estimate of drug-likeness (QED) is 0.689. The number of carbonyl (C=O) groups excluding carboxylic acids is 1. The van der Waals surface area contributed by atoms with Gasteiger partial charge in [0, 0.05) is 18.3 Å². The summed E-state index contributed by atoms with van der Waals surface area (Å²) in [5.41, 5.74) is 1.68. The van der Waals surface area contributed by atoms with Gasteiger partial charge in [0.25, 0.3) is 0 Å². The molecule has 4 rings (SSSR count). The van der Waals surface area contributed by atoms with Gasteiger partial charge in [-0.1, -0.05) is 30.2 Å². The Kier molecular flexibility index (Phi) is 4.44. The summed E-state index contributed by atoms with van der Waals surface area (Å²) in [6.45, 7) is 0.436. The van der Waals surface area contributed by atoms with Crippen LogP contribution in [0.15, 0.2) is 42.7 Å². The number of hydrogen-bond donors (Lipinski definition) is 0. The number of hydrogen-bond acceptors (Lipinski definition) is 4. The summed E-state index contributed by atoms with van der Waals surface area (Å²) < 4.78 is 14.2. The Morgan fingerprint density at radius 2 is 2.12 bits per heavy atom.